The number of benzene rings is 2. The number of aryl methyl sites for hydroxylation is 1. The quantitative estimate of drug-likeness (QED) is 0.465. The molecule has 6 nitrogen and oxygen atoms in total. The molecule has 4 rings (SSSR count). The first kappa shape index (κ1) is 20.2. The number of anilines is 3. The van der Waals surface area contributed by atoms with E-state index in [1.807, 2.05) is 38.4 Å². The fourth-order valence-corrected chi connectivity index (χ4v) is 3.54. The molecular weight excluding hydrogens is 386 g/mol. The van der Waals surface area contributed by atoms with Crippen molar-refractivity contribution in [2.75, 3.05) is 17.3 Å². The first-order valence-electron chi connectivity index (χ1n) is 9.95. The summed E-state index contributed by atoms with van der Waals surface area (Å²) in [4.78, 5) is 17.9. The zero-order valence-electron chi connectivity index (χ0n) is 17.9. The Morgan fingerprint density at radius 2 is 1.87 bits per heavy atom. The molecule has 2 heterocycles. The van der Waals surface area contributed by atoms with Crippen LogP contribution in [-0.4, -0.2) is 22.5 Å². The molecule has 0 saturated heterocycles. The van der Waals surface area contributed by atoms with Crippen molar-refractivity contribution in [1.82, 2.24) is 9.55 Å². The molecule has 2 aromatic carbocycles. The molecule has 0 aliphatic carbocycles. The summed E-state index contributed by atoms with van der Waals surface area (Å²) < 4.78 is 2.16. The number of aromatic nitrogens is 2. The molecule has 4 aromatic rings. The second-order valence-electron chi connectivity index (χ2n) is 7.63. The molecule has 156 valence electrons. The third-order valence-corrected chi connectivity index (χ3v) is 5.47. The zero-order valence-corrected chi connectivity index (χ0v) is 17.9. The van der Waals surface area contributed by atoms with Gasteiger partial charge in [-0.05, 0) is 49.4 Å². The monoisotopic (exact) mass is 411 g/mol. The summed E-state index contributed by atoms with van der Waals surface area (Å²) in [7, 11) is 4.07. The average molecular weight is 412 g/mol. The molecule has 0 aliphatic rings. The summed E-state index contributed by atoms with van der Waals surface area (Å²) in [6, 6.07) is 19.6. The number of nitrogens with one attached hydrogen (secondary N) is 1. The number of allylic oxidation sites excluding steroid dienone is 1. The van der Waals surface area contributed by atoms with Crippen LogP contribution in [0.25, 0.3) is 22.2 Å². The van der Waals surface area contributed by atoms with Crippen molar-refractivity contribution in [2.24, 2.45) is 12.8 Å². The minimum atomic E-state index is -0.444. The van der Waals surface area contributed by atoms with Crippen LogP contribution in [0, 0.1) is 0 Å². The summed E-state index contributed by atoms with van der Waals surface area (Å²) in [5.41, 5.74) is 12.0. The molecule has 0 unspecified atom stereocenters. The number of hydrogen-bond acceptors (Lipinski definition) is 4. The number of pyridine rings is 1. The molecule has 0 radical (unpaired) electrons. The highest BCUT2D eigenvalue weighted by Gasteiger charge is 2.11. The Morgan fingerprint density at radius 3 is 2.55 bits per heavy atom. The van der Waals surface area contributed by atoms with Gasteiger partial charge in [-0.25, -0.2) is 4.98 Å². The van der Waals surface area contributed by atoms with Gasteiger partial charge in [-0.1, -0.05) is 18.7 Å². The van der Waals surface area contributed by atoms with E-state index in [1.54, 1.807) is 12.1 Å². The third kappa shape index (κ3) is 4.00. The molecule has 6 heteroatoms. The summed E-state index contributed by atoms with van der Waals surface area (Å²) >= 11 is 0. The second kappa shape index (κ2) is 7.99. The lowest BCUT2D eigenvalue weighted by molar-refractivity contribution is 0.100. The summed E-state index contributed by atoms with van der Waals surface area (Å²) in [5, 5.41) is 4.34. The normalized spacial score (nSPS) is 10.8. The fourth-order valence-electron chi connectivity index (χ4n) is 3.54. The van der Waals surface area contributed by atoms with Gasteiger partial charge >= 0.3 is 0 Å². The standard InChI is InChI=1S/C25H25N5O/c1-16(2)29(3)21-7-5-6-18(12-21)22-13-19-15-27-24(14-23(19)30(22)4)28-20-10-8-17(9-11-20)25(26)31/h5-15H,1H2,2-4H3,(H2,26,31)(H,27,28). The highest BCUT2D eigenvalue weighted by Crippen LogP contribution is 2.31. The maximum Gasteiger partial charge on any atom is 0.248 e. The van der Waals surface area contributed by atoms with Gasteiger partial charge < -0.3 is 20.5 Å². The highest BCUT2D eigenvalue weighted by molar-refractivity contribution is 5.93. The van der Waals surface area contributed by atoms with E-state index in [9.17, 15) is 4.79 Å². The minimum absolute atomic E-state index is 0.444. The predicted molar refractivity (Wildman–Crippen MR) is 128 cm³/mol. The Morgan fingerprint density at radius 1 is 1.13 bits per heavy atom. The lowest BCUT2D eigenvalue weighted by atomic mass is 10.1. The van der Waals surface area contributed by atoms with Crippen LogP contribution >= 0.6 is 0 Å². The number of hydrogen-bond donors (Lipinski definition) is 2. The molecule has 0 spiro atoms. The highest BCUT2D eigenvalue weighted by atomic mass is 16.1. The average Bonchev–Trinajstić information content (AvgIpc) is 3.09. The Kier molecular flexibility index (Phi) is 5.21. The number of carbonyl (C=O) groups excluding carboxylic acids is 1. The number of nitrogens with two attached hydrogens (primary N) is 1. The second-order valence-corrected chi connectivity index (χ2v) is 7.63. The molecular formula is C25H25N5O. The Hall–Kier alpha value is -4.06. The van der Waals surface area contributed by atoms with Gasteiger partial charge in [0.2, 0.25) is 5.91 Å². The van der Waals surface area contributed by atoms with E-state index < -0.39 is 5.91 Å². The van der Waals surface area contributed by atoms with Gasteiger partial charge in [-0.15, -0.1) is 0 Å². The van der Waals surface area contributed by atoms with Gasteiger partial charge in [0.05, 0.1) is 5.52 Å². The fraction of sp³-hybridized carbons (Fsp3) is 0.120. The summed E-state index contributed by atoms with van der Waals surface area (Å²) in [5.74, 6) is 0.281. The van der Waals surface area contributed by atoms with Crippen molar-refractivity contribution < 1.29 is 4.79 Å². The topological polar surface area (TPSA) is 76.2 Å². The van der Waals surface area contributed by atoms with Crippen LogP contribution in [0.2, 0.25) is 0 Å². The number of primary amides is 1. The van der Waals surface area contributed by atoms with Crippen molar-refractivity contribution in [3.63, 3.8) is 0 Å². The molecule has 0 saturated carbocycles. The minimum Gasteiger partial charge on any atom is -0.366 e. The first-order valence-corrected chi connectivity index (χ1v) is 9.95. The largest absolute Gasteiger partial charge is 0.366 e. The molecule has 31 heavy (non-hydrogen) atoms. The molecule has 0 aliphatic heterocycles. The van der Waals surface area contributed by atoms with Crippen LogP contribution in [0.4, 0.5) is 17.2 Å². The number of amides is 1. The van der Waals surface area contributed by atoms with Gasteiger partial charge in [0.15, 0.2) is 0 Å². The van der Waals surface area contributed by atoms with Crippen molar-refractivity contribution in [3.8, 4) is 11.3 Å². The van der Waals surface area contributed by atoms with E-state index in [4.69, 9.17) is 5.73 Å². The SMILES string of the molecule is C=C(C)N(C)c1cccc(-c2cc3cnc(Nc4ccc(C(N)=O)cc4)cc3n2C)c1. The Balaban J connectivity index is 1.66. The van der Waals surface area contributed by atoms with Crippen LogP contribution in [-0.2, 0) is 7.05 Å². The predicted octanol–water partition coefficient (Wildman–Crippen LogP) is 5.05. The summed E-state index contributed by atoms with van der Waals surface area (Å²) in [6.45, 7) is 6.02. The third-order valence-electron chi connectivity index (χ3n) is 5.47. The number of nitrogens with zero attached hydrogens (tertiary/aromatic N) is 3. The molecule has 0 fully saturated rings. The zero-order chi connectivity index (χ0) is 22.1. The lowest BCUT2D eigenvalue weighted by Gasteiger charge is -2.19. The molecule has 1 amide bonds. The lowest BCUT2D eigenvalue weighted by Crippen LogP contribution is -2.12. The maximum absolute atomic E-state index is 11.2. The van der Waals surface area contributed by atoms with E-state index >= 15 is 0 Å². The van der Waals surface area contributed by atoms with Crippen LogP contribution in [0.1, 0.15) is 17.3 Å². The van der Waals surface area contributed by atoms with E-state index in [1.165, 1.54) is 0 Å². The van der Waals surface area contributed by atoms with Crippen molar-refractivity contribution in [3.05, 3.63) is 84.7 Å². The van der Waals surface area contributed by atoms with Crippen molar-refractivity contribution >= 4 is 34.0 Å². The van der Waals surface area contributed by atoms with Gasteiger partial charge in [-0.2, -0.15) is 0 Å². The van der Waals surface area contributed by atoms with Gasteiger partial charge in [0.25, 0.3) is 0 Å². The molecule has 0 atom stereocenters. The number of rotatable bonds is 6. The Labute approximate surface area is 181 Å². The Bertz CT molecular complexity index is 1290. The van der Waals surface area contributed by atoms with Crippen molar-refractivity contribution in [2.45, 2.75) is 6.92 Å². The van der Waals surface area contributed by atoms with Crippen LogP contribution in [0.15, 0.2) is 79.1 Å². The van der Waals surface area contributed by atoms with Crippen molar-refractivity contribution in [1.29, 1.82) is 0 Å². The van der Waals surface area contributed by atoms with Gasteiger partial charge in [0, 0.05) is 65.6 Å². The van der Waals surface area contributed by atoms with Crippen LogP contribution in [0.5, 0.6) is 0 Å². The van der Waals surface area contributed by atoms with Gasteiger partial charge in [0.1, 0.15) is 5.82 Å². The molecule has 0 bridgehead atoms. The molecule has 3 N–H and O–H groups in total. The number of fused-ring (bicyclic) bond motifs is 1. The summed E-state index contributed by atoms with van der Waals surface area (Å²) in [6.07, 6.45) is 1.86. The smallest absolute Gasteiger partial charge is 0.248 e. The maximum atomic E-state index is 11.2. The van der Waals surface area contributed by atoms with Crippen LogP contribution in [0.3, 0.4) is 0 Å². The van der Waals surface area contributed by atoms with Gasteiger partial charge in [-0.3, -0.25) is 4.79 Å². The van der Waals surface area contributed by atoms with E-state index in [0.29, 0.717) is 5.56 Å². The first-order chi connectivity index (χ1) is 14.8. The van der Waals surface area contributed by atoms with E-state index in [0.717, 1.165) is 45.0 Å². The van der Waals surface area contributed by atoms with Crippen LogP contribution < -0.4 is 16.0 Å². The number of carbonyl (C=O) groups is 1. The van der Waals surface area contributed by atoms with E-state index in [2.05, 4.69) is 63.7 Å². The molecule has 2 aromatic heterocycles. The van der Waals surface area contributed by atoms with E-state index in [-0.39, 0.29) is 0 Å².